The number of aliphatic hydroxyl groups is 5. The molecule has 90 heavy (non-hydrogen) atoms. The Morgan fingerprint density at radius 2 is 0.622 bits per heavy atom. The van der Waals surface area contributed by atoms with Gasteiger partial charge in [0.2, 0.25) is 5.91 Å². The van der Waals surface area contributed by atoms with Gasteiger partial charge in [0.05, 0.1) is 25.4 Å². The standard InChI is InChI=1S/C81H159NO8/c1-3-5-7-9-11-13-15-17-19-21-23-25-27-29-31-33-35-37-38-39-41-43-45-47-49-51-53-55-57-59-61-63-65-67-69-71-77(85)82-74(73-89-81-80(88)79(87)78(86)76(72-83)90-81)75(84)70-68-66-64-62-60-58-56-54-52-50-48-46-44-42-40-36-34-32-30-28-26-24-22-20-18-16-14-12-10-8-6-4-2/h21,23,74-76,78-81,83-84,86-88H,3-20,22,24-73H2,1-2H3,(H,82,85)/b23-21-. The molecular weight excluding hydrogens is 1110 g/mol. The Labute approximate surface area is 560 Å². The maximum atomic E-state index is 13.2. The fraction of sp³-hybridized carbons (Fsp3) is 0.963. The summed E-state index contributed by atoms with van der Waals surface area (Å²) >= 11 is 0. The van der Waals surface area contributed by atoms with E-state index in [0.717, 1.165) is 38.5 Å². The van der Waals surface area contributed by atoms with Crippen molar-refractivity contribution in [3.8, 4) is 0 Å². The molecule has 1 heterocycles. The molecule has 0 aromatic carbocycles. The molecule has 0 saturated carbocycles. The van der Waals surface area contributed by atoms with Crippen molar-refractivity contribution in [1.82, 2.24) is 5.32 Å². The first-order valence-electron chi connectivity index (χ1n) is 40.9. The number of amides is 1. The summed E-state index contributed by atoms with van der Waals surface area (Å²) < 4.78 is 11.4. The second kappa shape index (κ2) is 70.7. The zero-order chi connectivity index (χ0) is 64.9. The molecule has 1 amide bonds. The van der Waals surface area contributed by atoms with Crippen molar-refractivity contribution in [3.05, 3.63) is 12.2 Å². The zero-order valence-electron chi connectivity index (χ0n) is 60.4. The fourth-order valence-electron chi connectivity index (χ4n) is 13.8. The minimum atomic E-state index is -1.55. The Morgan fingerprint density at radius 1 is 0.367 bits per heavy atom. The van der Waals surface area contributed by atoms with Crippen molar-refractivity contribution in [2.24, 2.45) is 0 Å². The maximum Gasteiger partial charge on any atom is 0.220 e. The van der Waals surface area contributed by atoms with Gasteiger partial charge in [-0.1, -0.05) is 411 Å². The number of rotatable bonds is 74. The van der Waals surface area contributed by atoms with E-state index in [0.29, 0.717) is 12.8 Å². The molecule has 0 aromatic rings. The lowest BCUT2D eigenvalue weighted by Crippen LogP contribution is -2.60. The van der Waals surface area contributed by atoms with E-state index in [1.807, 2.05) is 0 Å². The molecule has 536 valence electrons. The molecule has 1 saturated heterocycles. The normalized spacial score (nSPS) is 17.7. The van der Waals surface area contributed by atoms with Crippen LogP contribution >= 0.6 is 0 Å². The maximum absolute atomic E-state index is 13.2. The summed E-state index contributed by atoms with van der Waals surface area (Å²) in [4.78, 5) is 13.2. The van der Waals surface area contributed by atoms with Crippen LogP contribution in [0, 0.1) is 0 Å². The van der Waals surface area contributed by atoms with Gasteiger partial charge in [-0.2, -0.15) is 0 Å². The topological polar surface area (TPSA) is 149 Å². The number of carbonyl (C=O) groups is 1. The van der Waals surface area contributed by atoms with E-state index in [-0.39, 0.29) is 12.5 Å². The van der Waals surface area contributed by atoms with Gasteiger partial charge in [0, 0.05) is 6.42 Å². The molecule has 0 spiro atoms. The molecule has 0 radical (unpaired) electrons. The number of carbonyl (C=O) groups excluding carboxylic acids is 1. The van der Waals surface area contributed by atoms with Crippen LogP contribution in [0.25, 0.3) is 0 Å². The van der Waals surface area contributed by atoms with Crippen molar-refractivity contribution >= 4 is 5.91 Å². The highest BCUT2D eigenvalue weighted by atomic mass is 16.7. The Morgan fingerprint density at radius 3 is 0.900 bits per heavy atom. The quantitative estimate of drug-likeness (QED) is 0.0261. The van der Waals surface area contributed by atoms with Crippen LogP contribution < -0.4 is 5.32 Å². The zero-order valence-corrected chi connectivity index (χ0v) is 60.4. The number of hydrogen-bond acceptors (Lipinski definition) is 8. The average Bonchev–Trinajstić information content (AvgIpc) is 1.28. The molecule has 1 aliphatic heterocycles. The van der Waals surface area contributed by atoms with Crippen LogP contribution in [0.15, 0.2) is 12.2 Å². The number of unbranched alkanes of at least 4 members (excludes halogenated alkanes) is 62. The van der Waals surface area contributed by atoms with Crippen molar-refractivity contribution in [2.45, 2.75) is 487 Å². The molecule has 1 aliphatic rings. The van der Waals surface area contributed by atoms with Crippen molar-refractivity contribution in [1.29, 1.82) is 0 Å². The highest BCUT2D eigenvalue weighted by Crippen LogP contribution is 2.25. The third-order valence-electron chi connectivity index (χ3n) is 20.1. The van der Waals surface area contributed by atoms with Crippen LogP contribution in [-0.2, 0) is 14.3 Å². The van der Waals surface area contributed by atoms with E-state index in [2.05, 4.69) is 31.3 Å². The third-order valence-corrected chi connectivity index (χ3v) is 20.1. The van der Waals surface area contributed by atoms with Crippen molar-refractivity contribution in [3.63, 3.8) is 0 Å². The largest absolute Gasteiger partial charge is 0.394 e. The highest BCUT2D eigenvalue weighted by Gasteiger charge is 2.44. The van der Waals surface area contributed by atoms with Crippen molar-refractivity contribution in [2.75, 3.05) is 13.2 Å². The minimum absolute atomic E-state index is 0.131. The molecule has 9 heteroatoms. The van der Waals surface area contributed by atoms with Gasteiger partial charge in [0.25, 0.3) is 0 Å². The molecular formula is C81H159NO8. The number of aliphatic hydroxyl groups excluding tert-OH is 5. The van der Waals surface area contributed by atoms with Gasteiger partial charge in [0.15, 0.2) is 6.29 Å². The van der Waals surface area contributed by atoms with Gasteiger partial charge in [-0.3, -0.25) is 4.79 Å². The van der Waals surface area contributed by atoms with Gasteiger partial charge in [-0.25, -0.2) is 0 Å². The van der Waals surface area contributed by atoms with Crippen LogP contribution in [0.2, 0.25) is 0 Å². The van der Waals surface area contributed by atoms with Crippen LogP contribution in [0.3, 0.4) is 0 Å². The van der Waals surface area contributed by atoms with Crippen molar-refractivity contribution < 1.29 is 39.8 Å². The number of nitrogens with one attached hydrogen (secondary N) is 1. The summed E-state index contributed by atoms with van der Waals surface area (Å²) in [5.41, 5.74) is 0. The summed E-state index contributed by atoms with van der Waals surface area (Å²) in [6, 6.07) is -0.718. The van der Waals surface area contributed by atoms with E-state index in [1.54, 1.807) is 0 Å². The number of allylic oxidation sites excluding steroid dienone is 2. The lowest BCUT2D eigenvalue weighted by Gasteiger charge is -2.40. The van der Waals surface area contributed by atoms with Crippen LogP contribution in [0.5, 0.6) is 0 Å². The van der Waals surface area contributed by atoms with Crippen LogP contribution in [0.4, 0.5) is 0 Å². The van der Waals surface area contributed by atoms with Gasteiger partial charge in [-0.05, 0) is 38.5 Å². The van der Waals surface area contributed by atoms with E-state index in [9.17, 15) is 30.3 Å². The smallest absolute Gasteiger partial charge is 0.220 e. The molecule has 1 rings (SSSR count). The molecule has 0 aromatic heterocycles. The van der Waals surface area contributed by atoms with Gasteiger partial charge >= 0.3 is 0 Å². The summed E-state index contributed by atoms with van der Waals surface area (Å²) in [6.07, 6.45) is 86.2. The van der Waals surface area contributed by atoms with E-state index in [4.69, 9.17) is 9.47 Å². The van der Waals surface area contributed by atoms with Crippen LogP contribution in [0.1, 0.15) is 444 Å². The number of ether oxygens (including phenoxy) is 2. The predicted octanol–water partition coefficient (Wildman–Crippen LogP) is 23.4. The Hall–Kier alpha value is -1.07. The SMILES string of the molecule is CCCCCCCCCC/C=C\CCCCCCCCCCCCCCCCCCCCCCCCCC(=O)NC(COC1OC(CO)C(O)C(O)C1O)C(O)CCCCCCCCCCCCCCCCCCCCCCCCCCCCCCCCCC. The van der Waals surface area contributed by atoms with Crippen LogP contribution in [-0.4, -0.2) is 87.5 Å². The first-order chi connectivity index (χ1) is 44.3. The third kappa shape index (κ3) is 58.3. The first kappa shape index (κ1) is 86.9. The van der Waals surface area contributed by atoms with E-state index >= 15 is 0 Å². The molecule has 0 aliphatic carbocycles. The molecule has 0 bridgehead atoms. The molecule has 6 N–H and O–H groups in total. The monoisotopic (exact) mass is 1270 g/mol. The summed E-state index contributed by atoms with van der Waals surface area (Å²) in [5.74, 6) is -0.132. The second-order valence-electron chi connectivity index (χ2n) is 28.9. The van der Waals surface area contributed by atoms with Gasteiger partial charge in [-0.15, -0.1) is 0 Å². The Kier molecular flexibility index (Phi) is 68.3. The molecule has 1 fully saturated rings. The second-order valence-corrected chi connectivity index (χ2v) is 28.9. The van der Waals surface area contributed by atoms with Gasteiger partial charge < -0.3 is 40.3 Å². The lowest BCUT2D eigenvalue weighted by atomic mass is 9.99. The molecule has 7 atom stereocenters. The van der Waals surface area contributed by atoms with Gasteiger partial charge in [0.1, 0.15) is 24.4 Å². The van der Waals surface area contributed by atoms with E-state index < -0.39 is 49.5 Å². The molecule has 7 unspecified atom stereocenters. The number of hydrogen-bond donors (Lipinski definition) is 6. The van der Waals surface area contributed by atoms with E-state index in [1.165, 1.54) is 379 Å². The molecule has 9 nitrogen and oxygen atoms in total. The summed E-state index contributed by atoms with van der Waals surface area (Å²) in [6.45, 7) is 3.91. The Balaban J connectivity index is 2.03. The highest BCUT2D eigenvalue weighted by molar-refractivity contribution is 5.76. The lowest BCUT2D eigenvalue weighted by molar-refractivity contribution is -0.302. The summed E-state index contributed by atoms with van der Waals surface area (Å²) in [7, 11) is 0. The average molecular weight is 1280 g/mol. The minimum Gasteiger partial charge on any atom is -0.394 e. The predicted molar refractivity (Wildman–Crippen MR) is 387 cm³/mol. The summed E-state index contributed by atoms with van der Waals surface area (Å²) in [5, 5.41) is 55.1. The fourth-order valence-corrected chi connectivity index (χ4v) is 13.8. The first-order valence-corrected chi connectivity index (χ1v) is 40.9. The Bertz CT molecular complexity index is 1430.